The van der Waals surface area contributed by atoms with Crippen molar-refractivity contribution in [1.82, 2.24) is 0 Å². The van der Waals surface area contributed by atoms with Crippen LogP contribution in [0.3, 0.4) is 0 Å². The summed E-state index contributed by atoms with van der Waals surface area (Å²) in [6, 6.07) is 65.8. The quantitative estimate of drug-likeness (QED) is 0.170. The molecule has 0 atom stereocenters. The Morgan fingerprint density at radius 2 is 0.893 bits per heavy atom. The molecule has 0 aliphatic heterocycles. The number of rotatable bonds is 5. The average molecular weight is 736 g/mol. The fourth-order valence-corrected chi connectivity index (χ4v) is 10.9. The maximum Gasteiger partial charge on any atom is 0.0547 e. The van der Waals surface area contributed by atoms with E-state index in [2.05, 4.69) is 209 Å². The minimum Gasteiger partial charge on any atom is -0.310 e. The summed E-state index contributed by atoms with van der Waals surface area (Å²) in [6.07, 6.45) is 0. The maximum atomic E-state index is 2.55. The van der Waals surface area contributed by atoms with Gasteiger partial charge in [0, 0.05) is 47.9 Å². The van der Waals surface area contributed by atoms with Crippen LogP contribution in [0.2, 0.25) is 0 Å². The molecule has 0 unspecified atom stereocenters. The second kappa shape index (κ2) is 12.1. The number of nitrogens with zero attached hydrogens (tertiary/aromatic N) is 1. The lowest BCUT2D eigenvalue weighted by atomic mass is 9.82. The van der Waals surface area contributed by atoms with E-state index in [0.29, 0.717) is 0 Å². The van der Waals surface area contributed by atoms with Crippen molar-refractivity contribution in [1.29, 1.82) is 0 Å². The molecule has 0 saturated heterocycles. The number of anilines is 3. The van der Waals surface area contributed by atoms with Crippen molar-refractivity contribution in [2.45, 2.75) is 38.5 Å². The summed E-state index contributed by atoms with van der Waals surface area (Å²) in [6.45, 7) is 9.52. The summed E-state index contributed by atoms with van der Waals surface area (Å²) < 4.78 is 2.61. The van der Waals surface area contributed by atoms with Crippen molar-refractivity contribution in [2.24, 2.45) is 0 Å². The van der Waals surface area contributed by atoms with E-state index in [1.54, 1.807) is 0 Å². The minimum absolute atomic E-state index is 0.126. The zero-order valence-electron chi connectivity index (χ0n) is 32.1. The molecule has 0 amide bonds. The second-order valence-corrected chi connectivity index (χ2v) is 17.6. The molecule has 0 bridgehead atoms. The molecule has 1 aromatic heterocycles. The van der Waals surface area contributed by atoms with Gasteiger partial charge >= 0.3 is 0 Å². The largest absolute Gasteiger partial charge is 0.310 e. The SMILES string of the molecule is CC1(C)c2ccccc2-c2ccc(N(c3ccc4c(c3)C(C)(C)c3ccccc3-4)c3ccc4sc5ccccc5c4c3-c3ccc(-c4ccccc4)cc3)cc21. The van der Waals surface area contributed by atoms with E-state index in [-0.39, 0.29) is 10.8 Å². The molecule has 268 valence electrons. The number of hydrogen-bond donors (Lipinski definition) is 0. The van der Waals surface area contributed by atoms with Gasteiger partial charge in [0.2, 0.25) is 0 Å². The highest BCUT2D eigenvalue weighted by Gasteiger charge is 2.38. The lowest BCUT2D eigenvalue weighted by Crippen LogP contribution is -2.18. The van der Waals surface area contributed by atoms with Crippen LogP contribution in [0.1, 0.15) is 49.9 Å². The topological polar surface area (TPSA) is 3.24 Å². The van der Waals surface area contributed by atoms with E-state index in [1.165, 1.54) is 104 Å². The van der Waals surface area contributed by atoms with E-state index in [9.17, 15) is 0 Å². The predicted molar refractivity (Wildman–Crippen MR) is 240 cm³/mol. The normalized spacial score (nSPS) is 14.4. The zero-order valence-corrected chi connectivity index (χ0v) is 32.9. The Morgan fingerprint density at radius 1 is 0.393 bits per heavy atom. The molecule has 1 heterocycles. The van der Waals surface area contributed by atoms with Crippen molar-refractivity contribution >= 4 is 48.6 Å². The first kappa shape index (κ1) is 33.1. The predicted octanol–water partition coefficient (Wildman–Crippen LogP) is 15.5. The monoisotopic (exact) mass is 735 g/mol. The molecule has 2 heteroatoms. The van der Waals surface area contributed by atoms with E-state index in [0.717, 1.165) is 0 Å². The molecule has 11 rings (SSSR count). The van der Waals surface area contributed by atoms with E-state index >= 15 is 0 Å². The Bertz CT molecular complexity index is 2910. The summed E-state index contributed by atoms with van der Waals surface area (Å²) in [7, 11) is 0. The number of benzene rings is 8. The highest BCUT2D eigenvalue weighted by atomic mass is 32.1. The van der Waals surface area contributed by atoms with Gasteiger partial charge in [0.25, 0.3) is 0 Å². The van der Waals surface area contributed by atoms with Crippen LogP contribution in [0.15, 0.2) is 176 Å². The smallest absolute Gasteiger partial charge is 0.0547 e. The van der Waals surface area contributed by atoms with E-state index in [1.807, 2.05) is 11.3 Å². The average Bonchev–Trinajstić information content (AvgIpc) is 3.81. The van der Waals surface area contributed by atoms with Crippen LogP contribution < -0.4 is 4.90 Å². The first-order valence-corrected chi connectivity index (χ1v) is 20.5. The van der Waals surface area contributed by atoms with Gasteiger partial charge in [-0.1, -0.05) is 161 Å². The highest BCUT2D eigenvalue weighted by molar-refractivity contribution is 7.26. The van der Waals surface area contributed by atoms with Crippen molar-refractivity contribution < 1.29 is 0 Å². The summed E-state index contributed by atoms with van der Waals surface area (Å²) in [5.41, 5.74) is 19.0. The van der Waals surface area contributed by atoms with Crippen LogP contribution in [-0.2, 0) is 10.8 Å². The van der Waals surface area contributed by atoms with Crippen molar-refractivity contribution in [2.75, 3.05) is 4.90 Å². The van der Waals surface area contributed by atoms with Gasteiger partial charge in [-0.25, -0.2) is 0 Å². The molecule has 0 saturated carbocycles. The lowest BCUT2D eigenvalue weighted by molar-refractivity contribution is 0.660. The third kappa shape index (κ3) is 4.79. The molecule has 1 nitrogen and oxygen atoms in total. The molecule has 0 spiro atoms. The molecular formula is C54H41NS. The molecule has 8 aromatic carbocycles. The maximum absolute atomic E-state index is 2.55. The highest BCUT2D eigenvalue weighted by Crippen LogP contribution is 2.55. The molecule has 2 aliphatic carbocycles. The lowest BCUT2D eigenvalue weighted by Gasteiger charge is -2.31. The minimum atomic E-state index is -0.126. The Kier molecular flexibility index (Phi) is 7.18. The second-order valence-electron chi connectivity index (χ2n) is 16.5. The van der Waals surface area contributed by atoms with Crippen molar-refractivity contribution in [3.8, 4) is 44.5 Å². The van der Waals surface area contributed by atoms with Crippen LogP contribution in [0.25, 0.3) is 64.7 Å². The van der Waals surface area contributed by atoms with Crippen molar-refractivity contribution in [3.63, 3.8) is 0 Å². The van der Waals surface area contributed by atoms with Crippen molar-refractivity contribution in [3.05, 3.63) is 198 Å². The summed E-state index contributed by atoms with van der Waals surface area (Å²) >= 11 is 1.88. The van der Waals surface area contributed by atoms with Crippen LogP contribution in [0, 0.1) is 0 Å². The third-order valence-electron chi connectivity index (χ3n) is 12.7. The van der Waals surface area contributed by atoms with Crippen LogP contribution in [0.4, 0.5) is 17.1 Å². The first-order valence-electron chi connectivity index (χ1n) is 19.7. The fourth-order valence-electron chi connectivity index (χ4n) is 9.83. The Balaban J connectivity index is 1.19. The van der Waals surface area contributed by atoms with Gasteiger partial charge in [0.05, 0.1) is 5.69 Å². The van der Waals surface area contributed by atoms with Crippen LogP contribution in [-0.4, -0.2) is 0 Å². The zero-order chi connectivity index (χ0) is 37.8. The summed E-state index contributed by atoms with van der Waals surface area (Å²) in [5.74, 6) is 0. The number of hydrogen-bond acceptors (Lipinski definition) is 2. The molecule has 56 heavy (non-hydrogen) atoms. The van der Waals surface area contributed by atoms with Gasteiger partial charge in [-0.2, -0.15) is 0 Å². The van der Waals surface area contributed by atoms with Gasteiger partial charge in [0.1, 0.15) is 0 Å². The van der Waals surface area contributed by atoms with E-state index in [4.69, 9.17) is 0 Å². The van der Waals surface area contributed by atoms with Crippen LogP contribution >= 0.6 is 11.3 Å². The van der Waals surface area contributed by atoms with E-state index < -0.39 is 0 Å². The van der Waals surface area contributed by atoms with Gasteiger partial charge in [-0.15, -0.1) is 11.3 Å². The van der Waals surface area contributed by atoms with Gasteiger partial charge < -0.3 is 4.90 Å². The van der Waals surface area contributed by atoms with Crippen LogP contribution in [0.5, 0.6) is 0 Å². The molecule has 0 radical (unpaired) electrons. The standard InChI is InChI=1S/C54H41NS/c1-53(2)44-19-11-8-16-39(44)41-28-26-37(32-46(41)53)55(38-27-29-42-40-17-9-12-20-45(40)54(3,4)47(42)33-38)48-30-31-50-52(43-18-10-13-21-49(43)56-50)51(48)36-24-22-35(23-25-36)34-14-6-5-7-15-34/h5-33H,1-4H3. The Labute approximate surface area is 333 Å². The molecule has 0 fully saturated rings. The molecule has 9 aromatic rings. The third-order valence-corrected chi connectivity index (χ3v) is 13.8. The Morgan fingerprint density at radius 3 is 1.52 bits per heavy atom. The molecule has 2 aliphatic rings. The summed E-state index contributed by atoms with van der Waals surface area (Å²) in [4.78, 5) is 2.55. The first-order chi connectivity index (χ1) is 27.3. The fraction of sp³-hybridized carbons (Fsp3) is 0.111. The van der Waals surface area contributed by atoms with Gasteiger partial charge in [-0.3, -0.25) is 0 Å². The van der Waals surface area contributed by atoms with Gasteiger partial charge in [0.15, 0.2) is 0 Å². The molecule has 0 N–H and O–H groups in total. The number of fused-ring (bicyclic) bond motifs is 9. The van der Waals surface area contributed by atoms with Gasteiger partial charge in [-0.05, 0) is 104 Å². The molecular weight excluding hydrogens is 695 g/mol. The number of thiophene rings is 1. The summed E-state index contributed by atoms with van der Waals surface area (Å²) in [5, 5.41) is 2.61. The Hall–Kier alpha value is -6.22.